The fraction of sp³-hybridized carbons (Fsp3) is 0.444. The number of halogens is 1. The molecule has 25 heavy (non-hydrogen) atoms. The molecule has 0 aromatic carbocycles. The van der Waals surface area contributed by atoms with Crippen LogP contribution in [-0.2, 0) is 0 Å². The highest BCUT2D eigenvalue weighted by Gasteiger charge is 2.24. The zero-order valence-electron chi connectivity index (χ0n) is 14.7. The Balaban J connectivity index is 1.67. The van der Waals surface area contributed by atoms with E-state index in [-0.39, 0.29) is 17.5 Å². The fourth-order valence-corrected chi connectivity index (χ4v) is 2.80. The van der Waals surface area contributed by atoms with Gasteiger partial charge >= 0.3 is 0 Å². The number of hydrogen-bond donors (Lipinski definition) is 0. The Morgan fingerprint density at radius 2 is 1.88 bits per heavy atom. The first-order valence-corrected chi connectivity index (χ1v) is 8.45. The van der Waals surface area contributed by atoms with Crippen molar-refractivity contribution in [3.05, 3.63) is 47.4 Å². The van der Waals surface area contributed by atoms with E-state index >= 15 is 0 Å². The van der Waals surface area contributed by atoms with Gasteiger partial charge in [-0.05, 0) is 19.1 Å². The van der Waals surface area contributed by atoms with Gasteiger partial charge < -0.3 is 9.80 Å². The van der Waals surface area contributed by atoms with Crippen molar-refractivity contribution in [1.82, 2.24) is 19.9 Å². The van der Waals surface area contributed by atoms with Crippen molar-refractivity contribution in [2.75, 3.05) is 31.1 Å². The van der Waals surface area contributed by atoms with Crippen LogP contribution in [0.5, 0.6) is 0 Å². The Bertz CT molecular complexity index is 755. The maximum absolute atomic E-state index is 12.9. The lowest BCUT2D eigenvalue weighted by Crippen LogP contribution is -2.49. The molecule has 6 nitrogen and oxygen atoms in total. The molecule has 3 rings (SSSR count). The van der Waals surface area contributed by atoms with Crippen molar-refractivity contribution in [2.45, 2.75) is 26.7 Å². The molecule has 0 aliphatic carbocycles. The van der Waals surface area contributed by atoms with Gasteiger partial charge in [-0.2, -0.15) is 0 Å². The second-order valence-corrected chi connectivity index (χ2v) is 6.52. The molecule has 3 heterocycles. The first-order chi connectivity index (χ1) is 11.9. The van der Waals surface area contributed by atoms with Gasteiger partial charge in [0.15, 0.2) is 0 Å². The van der Waals surface area contributed by atoms with Gasteiger partial charge in [0.1, 0.15) is 23.2 Å². The Hall–Kier alpha value is -2.57. The topological polar surface area (TPSA) is 62.2 Å². The molecule has 0 unspecified atom stereocenters. The average Bonchev–Trinajstić information content (AvgIpc) is 2.61. The quantitative estimate of drug-likeness (QED) is 0.856. The van der Waals surface area contributed by atoms with E-state index in [1.807, 2.05) is 13.0 Å². The molecule has 2 aromatic heterocycles. The van der Waals surface area contributed by atoms with Gasteiger partial charge in [0.25, 0.3) is 5.91 Å². The number of anilines is 1. The van der Waals surface area contributed by atoms with E-state index in [1.54, 1.807) is 4.90 Å². The lowest BCUT2D eigenvalue weighted by molar-refractivity contribution is 0.0740. The highest BCUT2D eigenvalue weighted by Crippen LogP contribution is 2.19. The maximum Gasteiger partial charge on any atom is 0.272 e. The van der Waals surface area contributed by atoms with Crippen LogP contribution in [0.4, 0.5) is 10.2 Å². The zero-order chi connectivity index (χ0) is 18.0. The Kier molecular flexibility index (Phi) is 4.92. The molecule has 0 saturated carbocycles. The number of amides is 1. The Morgan fingerprint density at radius 1 is 1.16 bits per heavy atom. The standard InChI is InChI=1S/C18H22FN5O/c1-12(2)17-21-13(3)10-16(22-17)23-6-8-24(9-7-23)18(25)15-5-4-14(19)11-20-15/h4-5,10-12H,6-9H2,1-3H3. The second kappa shape index (κ2) is 7.13. The highest BCUT2D eigenvalue weighted by atomic mass is 19.1. The molecule has 0 radical (unpaired) electrons. The second-order valence-electron chi connectivity index (χ2n) is 6.52. The van der Waals surface area contributed by atoms with Gasteiger partial charge in [0.2, 0.25) is 0 Å². The number of hydrogen-bond acceptors (Lipinski definition) is 5. The number of nitrogens with zero attached hydrogens (tertiary/aromatic N) is 5. The molecule has 7 heteroatoms. The Morgan fingerprint density at radius 3 is 2.48 bits per heavy atom. The van der Waals surface area contributed by atoms with Crippen LogP contribution in [0.1, 0.15) is 41.8 Å². The van der Waals surface area contributed by atoms with Crippen molar-refractivity contribution < 1.29 is 9.18 Å². The summed E-state index contributed by atoms with van der Waals surface area (Å²) in [5.41, 5.74) is 1.22. The largest absolute Gasteiger partial charge is 0.353 e. The van der Waals surface area contributed by atoms with Crippen LogP contribution in [0.15, 0.2) is 24.4 Å². The Labute approximate surface area is 146 Å². The summed E-state index contributed by atoms with van der Waals surface area (Å²) >= 11 is 0. The average molecular weight is 343 g/mol. The van der Waals surface area contributed by atoms with Gasteiger partial charge in [-0.15, -0.1) is 0 Å². The summed E-state index contributed by atoms with van der Waals surface area (Å²) in [7, 11) is 0. The highest BCUT2D eigenvalue weighted by molar-refractivity contribution is 5.92. The molecule has 1 aliphatic heterocycles. The number of carbonyl (C=O) groups excluding carboxylic acids is 1. The van der Waals surface area contributed by atoms with Crippen molar-refractivity contribution in [1.29, 1.82) is 0 Å². The number of rotatable bonds is 3. The molecule has 0 spiro atoms. The minimum atomic E-state index is -0.443. The third-order valence-electron chi connectivity index (χ3n) is 4.21. The molecule has 132 valence electrons. The van der Waals surface area contributed by atoms with Crippen LogP contribution in [0.3, 0.4) is 0 Å². The predicted octanol–water partition coefficient (Wildman–Crippen LogP) is 2.40. The van der Waals surface area contributed by atoms with Crippen molar-refractivity contribution >= 4 is 11.7 Å². The summed E-state index contributed by atoms with van der Waals surface area (Å²) in [6.45, 7) is 8.67. The molecule has 1 amide bonds. The minimum absolute atomic E-state index is 0.165. The number of carbonyl (C=O) groups is 1. The molecule has 2 aromatic rings. The van der Waals surface area contributed by atoms with E-state index in [0.717, 1.165) is 23.5 Å². The summed E-state index contributed by atoms with van der Waals surface area (Å²) in [6.07, 6.45) is 1.07. The van der Waals surface area contributed by atoms with Crippen LogP contribution in [0.25, 0.3) is 0 Å². The van der Waals surface area contributed by atoms with Gasteiger partial charge in [-0.25, -0.2) is 19.3 Å². The zero-order valence-corrected chi connectivity index (χ0v) is 14.7. The molecule has 0 atom stereocenters. The molecule has 1 fully saturated rings. The van der Waals surface area contributed by atoms with Crippen molar-refractivity contribution in [3.63, 3.8) is 0 Å². The van der Waals surface area contributed by atoms with Gasteiger partial charge in [0.05, 0.1) is 6.20 Å². The van der Waals surface area contributed by atoms with Crippen LogP contribution in [0, 0.1) is 12.7 Å². The lowest BCUT2D eigenvalue weighted by atomic mass is 10.2. The van der Waals surface area contributed by atoms with E-state index in [4.69, 9.17) is 0 Å². The van der Waals surface area contributed by atoms with E-state index in [0.29, 0.717) is 26.2 Å². The van der Waals surface area contributed by atoms with Crippen LogP contribution >= 0.6 is 0 Å². The van der Waals surface area contributed by atoms with Crippen molar-refractivity contribution in [2.24, 2.45) is 0 Å². The summed E-state index contributed by atoms with van der Waals surface area (Å²) in [6, 6.07) is 4.66. The number of aromatic nitrogens is 3. The van der Waals surface area contributed by atoms with Crippen LogP contribution < -0.4 is 4.90 Å². The van der Waals surface area contributed by atoms with E-state index in [2.05, 4.69) is 33.7 Å². The van der Waals surface area contributed by atoms with Crippen molar-refractivity contribution in [3.8, 4) is 0 Å². The smallest absolute Gasteiger partial charge is 0.272 e. The number of pyridine rings is 1. The predicted molar refractivity (Wildman–Crippen MR) is 93.2 cm³/mol. The van der Waals surface area contributed by atoms with E-state index < -0.39 is 5.82 Å². The third-order valence-corrected chi connectivity index (χ3v) is 4.21. The SMILES string of the molecule is Cc1cc(N2CCN(C(=O)c3ccc(F)cn3)CC2)nc(C(C)C)n1. The third kappa shape index (κ3) is 3.92. The molecular weight excluding hydrogens is 321 g/mol. The van der Waals surface area contributed by atoms with Gasteiger partial charge in [-0.3, -0.25) is 4.79 Å². The van der Waals surface area contributed by atoms with E-state index in [9.17, 15) is 9.18 Å². The molecule has 0 N–H and O–H groups in total. The fourth-order valence-electron chi connectivity index (χ4n) is 2.80. The first kappa shape index (κ1) is 17.3. The molecule has 0 bridgehead atoms. The number of aryl methyl sites for hydroxylation is 1. The lowest BCUT2D eigenvalue weighted by Gasteiger charge is -2.35. The molecule has 1 saturated heterocycles. The normalized spacial score (nSPS) is 14.9. The van der Waals surface area contributed by atoms with E-state index in [1.165, 1.54) is 12.1 Å². The summed E-state index contributed by atoms with van der Waals surface area (Å²) in [5.74, 6) is 1.40. The summed E-state index contributed by atoms with van der Waals surface area (Å²) in [4.78, 5) is 29.4. The summed E-state index contributed by atoms with van der Waals surface area (Å²) < 4.78 is 12.9. The minimum Gasteiger partial charge on any atom is -0.353 e. The monoisotopic (exact) mass is 343 g/mol. The van der Waals surface area contributed by atoms with Crippen LogP contribution in [0.2, 0.25) is 0 Å². The first-order valence-electron chi connectivity index (χ1n) is 8.45. The van der Waals surface area contributed by atoms with Crippen LogP contribution in [-0.4, -0.2) is 51.9 Å². The summed E-state index contributed by atoms with van der Waals surface area (Å²) in [5, 5.41) is 0. The molecule has 1 aliphatic rings. The molecular formula is C18H22FN5O. The number of piperazine rings is 1. The van der Waals surface area contributed by atoms with Gasteiger partial charge in [0, 0.05) is 43.9 Å². The maximum atomic E-state index is 12.9. The van der Waals surface area contributed by atoms with Gasteiger partial charge in [-0.1, -0.05) is 13.8 Å².